The molecule has 0 radical (unpaired) electrons. The third kappa shape index (κ3) is 3.16. The van der Waals surface area contributed by atoms with E-state index in [0.29, 0.717) is 22.8 Å². The van der Waals surface area contributed by atoms with Gasteiger partial charge in [-0.25, -0.2) is 0 Å². The van der Waals surface area contributed by atoms with Crippen LogP contribution >= 0.6 is 0 Å². The Hall–Kier alpha value is -2.24. The van der Waals surface area contributed by atoms with E-state index >= 15 is 0 Å². The molecule has 1 aromatic rings. The van der Waals surface area contributed by atoms with E-state index in [4.69, 9.17) is 14.2 Å². The van der Waals surface area contributed by atoms with Gasteiger partial charge < -0.3 is 14.2 Å². The van der Waals surface area contributed by atoms with Crippen LogP contribution in [0.4, 0.5) is 0 Å². The van der Waals surface area contributed by atoms with E-state index in [-0.39, 0.29) is 10.8 Å². The average molecular weight is 307 g/mol. The highest BCUT2D eigenvalue weighted by molar-refractivity contribution is 5.54. The summed E-state index contributed by atoms with van der Waals surface area (Å²) >= 11 is 0. The van der Waals surface area contributed by atoms with E-state index in [0.717, 1.165) is 19.3 Å². The first-order chi connectivity index (χ1) is 10.6. The van der Waals surface area contributed by atoms with Gasteiger partial charge in [-0.15, -0.1) is 0 Å². The van der Waals surface area contributed by atoms with E-state index in [9.17, 15) is 10.1 Å². The fraction of sp³-hybridized carbons (Fsp3) is 0.500. The molecule has 2 atom stereocenters. The maximum absolute atomic E-state index is 11.6. The number of ether oxygens (including phenoxy) is 3. The summed E-state index contributed by atoms with van der Waals surface area (Å²) in [5, 5.41) is 11.6. The zero-order chi connectivity index (χ0) is 16.1. The second kappa shape index (κ2) is 7.15. The van der Waals surface area contributed by atoms with Crippen LogP contribution in [0.2, 0.25) is 0 Å². The van der Waals surface area contributed by atoms with Crippen LogP contribution in [0.25, 0.3) is 0 Å². The molecule has 0 aromatic heterocycles. The maximum atomic E-state index is 11.6. The van der Waals surface area contributed by atoms with E-state index in [1.165, 1.54) is 21.3 Å². The Bertz CT molecular complexity index is 545. The van der Waals surface area contributed by atoms with Gasteiger partial charge in [-0.05, 0) is 31.4 Å². The van der Waals surface area contributed by atoms with Gasteiger partial charge in [-0.3, -0.25) is 10.1 Å². The Kier molecular flexibility index (Phi) is 5.25. The normalized spacial score (nSPS) is 18.6. The van der Waals surface area contributed by atoms with Crippen molar-refractivity contribution in [2.45, 2.75) is 25.3 Å². The molecule has 1 aliphatic rings. The zero-order valence-electron chi connectivity index (χ0n) is 13.1. The lowest BCUT2D eigenvalue weighted by molar-refractivity contribution is -0.537. The average Bonchev–Trinajstić information content (AvgIpc) is 2.54. The number of allylic oxidation sites excluding steroid dienone is 1. The lowest BCUT2D eigenvalue weighted by Crippen LogP contribution is -2.21. The zero-order valence-corrected chi connectivity index (χ0v) is 13.1. The van der Waals surface area contributed by atoms with Crippen molar-refractivity contribution in [3.05, 3.63) is 40.0 Å². The third-order valence-corrected chi connectivity index (χ3v) is 3.95. The molecule has 0 heterocycles. The Morgan fingerprint density at radius 3 is 2.23 bits per heavy atom. The summed E-state index contributed by atoms with van der Waals surface area (Å²) < 4.78 is 15.8. The van der Waals surface area contributed by atoms with Gasteiger partial charge in [0.05, 0.1) is 21.3 Å². The van der Waals surface area contributed by atoms with Crippen LogP contribution in [0.5, 0.6) is 17.2 Å². The molecule has 1 aromatic carbocycles. The monoisotopic (exact) mass is 307 g/mol. The van der Waals surface area contributed by atoms with Crippen molar-refractivity contribution < 1.29 is 19.1 Å². The molecule has 6 nitrogen and oxygen atoms in total. The molecule has 2 unspecified atom stereocenters. The standard InChI is InChI=1S/C16H21NO5/c1-20-13-9-12(10-14(21-2)16(13)22-3)15(17(18)19)11-7-5-4-6-8-11/h5,7,9-11,15H,4,6,8H2,1-3H3. The SMILES string of the molecule is COc1cc(C(C2C=CCCC2)[N+](=O)[O-])cc(OC)c1OC. The highest BCUT2D eigenvalue weighted by Gasteiger charge is 2.34. The van der Waals surface area contributed by atoms with E-state index < -0.39 is 6.04 Å². The molecule has 0 saturated heterocycles. The number of nitro groups is 1. The lowest BCUT2D eigenvalue weighted by atomic mass is 9.85. The first-order valence-corrected chi connectivity index (χ1v) is 7.22. The molecule has 0 aliphatic heterocycles. The van der Waals surface area contributed by atoms with Crippen LogP contribution in [0.15, 0.2) is 24.3 Å². The number of benzene rings is 1. The fourth-order valence-electron chi connectivity index (χ4n) is 2.90. The van der Waals surface area contributed by atoms with Crippen molar-refractivity contribution >= 4 is 0 Å². The third-order valence-electron chi connectivity index (χ3n) is 3.95. The minimum atomic E-state index is -0.815. The molecule has 0 fully saturated rings. The van der Waals surface area contributed by atoms with Gasteiger partial charge in [0, 0.05) is 16.4 Å². The molecule has 2 rings (SSSR count). The van der Waals surface area contributed by atoms with Gasteiger partial charge in [0.25, 0.3) is 0 Å². The molecular formula is C16H21NO5. The molecule has 0 spiro atoms. The van der Waals surface area contributed by atoms with Crippen LogP contribution in [-0.2, 0) is 0 Å². The highest BCUT2D eigenvalue weighted by Crippen LogP contribution is 2.42. The summed E-state index contributed by atoms with van der Waals surface area (Å²) in [5.41, 5.74) is 0.566. The molecule has 0 amide bonds. The second-order valence-electron chi connectivity index (χ2n) is 5.21. The van der Waals surface area contributed by atoms with Crippen molar-refractivity contribution in [1.82, 2.24) is 0 Å². The highest BCUT2D eigenvalue weighted by atomic mass is 16.6. The number of hydrogen-bond acceptors (Lipinski definition) is 5. The minimum Gasteiger partial charge on any atom is -0.493 e. The maximum Gasteiger partial charge on any atom is 0.244 e. The van der Waals surface area contributed by atoms with Crippen LogP contribution < -0.4 is 14.2 Å². The second-order valence-corrected chi connectivity index (χ2v) is 5.21. The smallest absolute Gasteiger partial charge is 0.244 e. The Morgan fingerprint density at radius 1 is 1.18 bits per heavy atom. The number of nitrogens with zero attached hydrogens (tertiary/aromatic N) is 1. The quantitative estimate of drug-likeness (QED) is 0.457. The van der Waals surface area contributed by atoms with E-state index in [1.807, 2.05) is 12.2 Å². The molecule has 6 heteroatoms. The fourth-order valence-corrected chi connectivity index (χ4v) is 2.90. The number of rotatable bonds is 6. The van der Waals surface area contributed by atoms with Gasteiger partial charge in [-0.1, -0.05) is 12.2 Å². The van der Waals surface area contributed by atoms with Crippen molar-refractivity contribution in [2.24, 2.45) is 5.92 Å². The number of hydrogen-bond donors (Lipinski definition) is 0. The molecule has 22 heavy (non-hydrogen) atoms. The molecule has 0 N–H and O–H groups in total. The summed E-state index contributed by atoms with van der Waals surface area (Å²) in [6.45, 7) is 0. The van der Waals surface area contributed by atoms with Gasteiger partial charge in [0.1, 0.15) is 0 Å². The summed E-state index contributed by atoms with van der Waals surface area (Å²) in [4.78, 5) is 11.4. The summed E-state index contributed by atoms with van der Waals surface area (Å²) in [6, 6.07) is 2.51. The molecule has 0 bridgehead atoms. The Morgan fingerprint density at radius 2 is 1.82 bits per heavy atom. The Balaban J connectivity index is 2.49. The van der Waals surface area contributed by atoms with Gasteiger partial charge in [0.2, 0.25) is 11.8 Å². The Labute approximate surface area is 129 Å². The van der Waals surface area contributed by atoms with Gasteiger partial charge in [-0.2, -0.15) is 0 Å². The van der Waals surface area contributed by atoms with Crippen molar-refractivity contribution in [2.75, 3.05) is 21.3 Å². The minimum absolute atomic E-state index is 0.119. The van der Waals surface area contributed by atoms with Crippen molar-refractivity contribution in [3.63, 3.8) is 0 Å². The largest absolute Gasteiger partial charge is 0.493 e. The first kappa shape index (κ1) is 16.1. The van der Waals surface area contributed by atoms with Crippen LogP contribution in [-0.4, -0.2) is 26.3 Å². The lowest BCUT2D eigenvalue weighted by Gasteiger charge is -2.22. The van der Waals surface area contributed by atoms with Gasteiger partial charge in [0.15, 0.2) is 11.5 Å². The molecular weight excluding hydrogens is 286 g/mol. The number of methoxy groups -OCH3 is 3. The van der Waals surface area contributed by atoms with Crippen LogP contribution in [0, 0.1) is 16.0 Å². The molecule has 120 valence electrons. The first-order valence-electron chi connectivity index (χ1n) is 7.22. The topological polar surface area (TPSA) is 70.8 Å². The van der Waals surface area contributed by atoms with E-state index in [2.05, 4.69) is 0 Å². The van der Waals surface area contributed by atoms with Crippen LogP contribution in [0.1, 0.15) is 30.9 Å². The van der Waals surface area contributed by atoms with E-state index in [1.54, 1.807) is 12.1 Å². The predicted octanol–water partition coefficient (Wildman–Crippen LogP) is 3.39. The van der Waals surface area contributed by atoms with Crippen LogP contribution in [0.3, 0.4) is 0 Å². The molecule has 0 saturated carbocycles. The van der Waals surface area contributed by atoms with Gasteiger partial charge >= 0.3 is 0 Å². The van der Waals surface area contributed by atoms with Crippen molar-refractivity contribution in [1.29, 1.82) is 0 Å². The summed E-state index contributed by atoms with van der Waals surface area (Å²) in [6.07, 6.45) is 6.72. The summed E-state index contributed by atoms with van der Waals surface area (Å²) in [5.74, 6) is 1.19. The van der Waals surface area contributed by atoms with Crippen molar-refractivity contribution in [3.8, 4) is 17.2 Å². The molecule has 1 aliphatic carbocycles. The predicted molar refractivity (Wildman–Crippen MR) is 82.3 cm³/mol. The summed E-state index contributed by atoms with van der Waals surface area (Å²) in [7, 11) is 4.51.